The second-order valence-electron chi connectivity index (χ2n) is 3.35. The van der Waals surface area contributed by atoms with Gasteiger partial charge in [-0.05, 0) is 18.9 Å². The first-order chi connectivity index (χ1) is 6.35. The Morgan fingerprint density at radius 3 is 2.08 bits per heavy atom. The zero-order valence-electron chi connectivity index (χ0n) is 10.1. The Hall–Kier alpha value is -0.0400. The molecule has 1 atom stereocenters. The minimum absolute atomic E-state index is 0. The summed E-state index contributed by atoms with van der Waals surface area (Å²) in [5, 5.41) is 0. The first-order valence-electron chi connectivity index (χ1n) is 6.05. The number of nitrogens with two attached hydrogens (primary N) is 1. The number of rotatable bonds is 7. The molecule has 0 aliphatic heterocycles. The van der Waals surface area contributed by atoms with Gasteiger partial charge >= 0.3 is 0 Å². The molecule has 0 heterocycles. The molecule has 13 heavy (non-hydrogen) atoms. The summed E-state index contributed by atoms with van der Waals surface area (Å²) in [4.78, 5) is 0. The van der Waals surface area contributed by atoms with Crippen molar-refractivity contribution in [2.75, 3.05) is 6.54 Å². The van der Waals surface area contributed by atoms with Crippen molar-refractivity contribution >= 4 is 0 Å². The Morgan fingerprint density at radius 1 is 1.08 bits per heavy atom. The van der Waals surface area contributed by atoms with Crippen LogP contribution in [0.1, 0.15) is 67.6 Å². The van der Waals surface area contributed by atoms with Crippen molar-refractivity contribution in [1.82, 2.24) is 0 Å². The minimum Gasteiger partial charge on any atom is -0.330 e. The molecule has 0 aliphatic rings. The van der Waals surface area contributed by atoms with Crippen LogP contribution in [-0.2, 0) is 0 Å². The average molecular weight is 189 g/mol. The molecule has 0 saturated carbocycles. The lowest BCUT2D eigenvalue weighted by Gasteiger charge is -2.12. The van der Waals surface area contributed by atoms with Crippen LogP contribution < -0.4 is 5.73 Å². The van der Waals surface area contributed by atoms with Crippen molar-refractivity contribution in [2.45, 2.75) is 66.2 Å². The van der Waals surface area contributed by atoms with Crippen molar-refractivity contribution < 1.29 is 1.43 Å². The Balaban J connectivity index is -0.000000376. The van der Waals surface area contributed by atoms with Crippen LogP contribution in [0.4, 0.5) is 0 Å². The molecule has 0 saturated heterocycles. The summed E-state index contributed by atoms with van der Waals surface area (Å²) in [5.41, 5.74) is 5.43. The third-order valence-electron chi connectivity index (χ3n) is 2.34. The molecular weight excluding hydrogens is 158 g/mol. The smallest absolute Gasteiger partial charge is 0 e. The maximum Gasteiger partial charge on any atom is 0 e. The van der Waals surface area contributed by atoms with E-state index in [-0.39, 0.29) is 1.43 Å². The topological polar surface area (TPSA) is 26.0 Å². The van der Waals surface area contributed by atoms with Gasteiger partial charge in [0.05, 0.1) is 0 Å². The van der Waals surface area contributed by atoms with Gasteiger partial charge in [-0.3, -0.25) is 0 Å². The highest BCUT2D eigenvalue weighted by Crippen LogP contribution is 2.17. The molecule has 1 unspecified atom stereocenters. The van der Waals surface area contributed by atoms with Gasteiger partial charge < -0.3 is 5.73 Å². The summed E-state index contributed by atoms with van der Waals surface area (Å²) in [7, 11) is 0. The number of hydrogen-bond donors (Lipinski definition) is 1. The van der Waals surface area contributed by atoms with Crippen molar-refractivity contribution in [1.29, 1.82) is 0 Å². The molecule has 0 aromatic heterocycles. The molecule has 0 aliphatic carbocycles. The lowest BCUT2D eigenvalue weighted by molar-refractivity contribution is 0.415. The zero-order valence-corrected chi connectivity index (χ0v) is 10.1. The highest BCUT2D eigenvalue weighted by atomic mass is 14.5. The minimum atomic E-state index is 0. The third kappa shape index (κ3) is 12.0. The molecule has 0 amide bonds. The molecule has 2 N–H and O–H groups in total. The summed E-state index contributed by atoms with van der Waals surface area (Å²) < 4.78 is 0. The summed E-state index contributed by atoms with van der Waals surface area (Å²) in [6, 6.07) is 0. The van der Waals surface area contributed by atoms with E-state index in [0.29, 0.717) is 0 Å². The molecule has 84 valence electrons. The van der Waals surface area contributed by atoms with Crippen LogP contribution in [0.25, 0.3) is 0 Å². The van der Waals surface area contributed by atoms with E-state index in [2.05, 4.69) is 13.8 Å². The highest BCUT2D eigenvalue weighted by molar-refractivity contribution is 4.56. The van der Waals surface area contributed by atoms with E-state index in [1.54, 1.807) is 0 Å². The average Bonchev–Trinajstić information content (AvgIpc) is 2.20. The summed E-state index contributed by atoms with van der Waals surface area (Å²) >= 11 is 0. The molecule has 0 rings (SSSR count). The van der Waals surface area contributed by atoms with Crippen molar-refractivity contribution in [2.24, 2.45) is 11.7 Å². The molecular formula is C12H31N. The predicted octanol–water partition coefficient (Wildman–Crippen LogP) is 4.21. The van der Waals surface area contributed by atoms with Crippen LogP contribution in [-0.4, -0.2) is 6.54 Å². The Kier molecular flexibility index (Phi) is 17.2. The van der Waals surface area contributed by atoms with Crippen molar-refractivity contribution in [3.63, 3.8) is 0 Å². The van der Waals surface area contributed by atoms with Crippen LogP contribution in [0.3, 0.4) is 0 Å². The van der Waals surface area contributed by atoms with Gasteiger partial charge in [-0.1, -0.05) is 59.8 Å². The van der Waals surface area contributed by atoms with Gasteiger partial charge in [-0.25, -0.2) is 0 Å². The molecule has 0 aromatic rings. The Bertz CT molecular complexity index is 76.7. The van der Waals surface area contributed by atoms with Gasteiger partial charge in [-0.15, -0.1) is 0 Å². The maximum atomic E-state index is 5.43. The third-order valence-corrected chi connectivity index (χ3v) is 2.34. The SMILES string of the molecule is CC.CCCC(CC)CCCCN.[HH]. The van der Waals surface area contributed by atoms with Crippen LogP contribution in [0, 0.1) is 5.92 Å². The monoisotopic (exact) mass is 189 g/mol. The predicted molar refractivity (Wildman–Crippen MR) is 65.1 cm³/mol. The molecule has 0 bridgehead atoms. The standard InChI is InChI=1S/C10H23N.C2H6.H2/c1-3-7-10(4-2)8-5-6-9-11;1-2;/h10H,3-9,11H2,1-2H3;1-2H3;1H. The lowest BCUT2D eigenvalue weighted by atomic mass is 9.95. The molecule has 1 nitrogen and oxygen atoms in total. The van der Waals surface area contributed by atoms with Gasteiger partial charge in [0, 0.05) is 1.43 Å². The molecule has 0 fully saturated rings. The first-order valence-corrected chi connectivity index (χ1v) is 6.05. The van der Waals surface area contributed by atoms with Crippen LogP contribution in [0.5, 0.6) is 0 Å². The van der Waals surface area contributed by atoms with Gasteiger partial charge in [0.25, 0.3) is 0 Å². The van der Waals surface area contributed by atoms with E-state index >= 15 is 0 Å². The van der Waals surface area contributed by atoms with Crippen LogP contribution in [0.15, 0.2) is 0 Å². The molecule has 1 heteroatoms. The van der Waals surface area contributed by atoms with Gasteiger partial charge in [0.2, 0.25) is 0 Å². The Morgan fingerprint density at radius 2 is 1.69 bits per heavy atom. The van der Waals surface area contributed by atoms with Crippen LogP contribution >= 0.6 is 0 Å². The quantitative estimate of drug-likeness (QED) is 0.596. The lowest BCUT2D eigenvalue weighted by Crippen LogP contribution is -2.02. The van der Waals surface area contributed by atoms with Gasteiger partial charge in [-0.2, -0.15) is 0 Å². The Labute approximate surface area is 86.6 Å². The zero-order chi connectivity index (χ0) is 10.5. The summed E-state index contributed by atoms with van der Waals surface area (Å²) in [5.74, 6) is 0.964. The van der Waals surface area contributed by atoms with Crippen molar-refractivity contribution in [3.05, 3.63) is 0 Å². The maximum absolute atomic E-state index is 5.43. The summed E-state index contributed by atoms with van der Waals surface area (Å²) in [6.45, 7) is 9.43. The number of hydrogen-bond acceptors (Lipinski definition) is 1. The van der Waals surface area contributed by atoms with E-state index < -0.39 is 0 Å². The van der Waals surface area contributed by atoms with E-state index in [0.717, 1.165) is 12.5 Å². The molecule has 0 spiro atoms. The van der Waals surface area contributed by atoms with E-state index in [4.69, 9.17) is 5.73 Å². The van der Waals surface area contributed by atoms with E-state index in [1.165, 1.54) is 38.5 Å². The fraction of sp³-hybridized carbons (Fsp3) is 1.00. The normalized spacial score (nSPS) is 11.8. The van der Waals surface area contributed by atoms with Gasteiger partial charge in [0.1, 0.15) is 0 Å². The fourth-order valence-corrected chi connectivity index (χ4v) is 1.54. The largest absolute Gasteiger partial charge is 0.330 e. The highest BCUT2D eigenvalue weighted by Gasteiger charge is 2.03. The van der Waals surface area contributed by atoms with Crippen LogP contribution in [0.2, 0.25) is 0 Å². The second-order valence-corrected chi connectivity index (χ2v) is 3.35. The molecule has 0 aromatic carbocycles. The van der Waals surface area contributed by atoms with E-state index in [9.17, 15) is 0 Å². The first kappa shape index (κ1) is 15.4. The summed E-state index contributed by atoms with van der Waals surface area (Å²) in [6.07, 6.45) is 8.01. The van der Waals surface area contributed by atoms with E-state index in [1.807, 2.05) is 13.8 Å². The fourth-order valence-electron chi connectivity index (χ4n) is 1.54. The second kappa shape index (κ2) is 14.5. The van der Waals surface area contributed by atoms with Gasteiger partial charge in [0.15, 0.2) is 0 Å². The van der Waals surface area contributed by atoms with Crippen molar-refractivity contribution in [3.8, 4) is 0 Å². The number of unbranched alkanes of at least 4 members (excludes halogenated alkanes) is 1. The molecule has 0 radical (unpaired) electrons.